The van der Waals surface area contributed by atoms with Crippen molar-refractivity contribution in [1.29, 1.82) is 0 Å². The van der Waals surface area contributed by atoms with Crippen molar-refractivity contribution in [2.24, 2.45) is 0 Å². The number of hydrogen-bond donors (Lipinski definition) is 1. The summed E-state index contributed by atoms with van der Waals surface area (Å²) in [7, 11) is 0. The van der Waals surface area contributed by atoms with E-state index < -0.39 is 5.97 Å². The van der Waals surface area contributed by atoms with Gasteiger partial charge in [-0.25, -0.2) is 0 Å². The van der Waals surface area contributed by atoms with Crippen molar-refractivity contribution < 1.29 is 14.7 Å². The molecule has 156 valence electrons. The number of carbonyl (C=O) groups is 2. The van der Waals surface area contributed by atoms with E-state index in [-0.39, 0.29) is 24.9 Å². The van der Waals surface area contributed by atoms with Crippen LogP contribution in [0.5, 0.6) is 0 Å². The Morgan fingerprint density at radius 3 is 2.25 bits per heavy atom. The van der Waals surface area contributed by atoms with Gasteiger partial charge in [0.1, 0.15) is 0 Å². The minimum Gasteiger partial charge on any atom is -0.480 e. The second kappa shape index (κ2) is 10.8. The van der Waals surface area contributed by atoms with Crippen molar-refractivity contribution in [3.05, 3.63) is 35.9 Å². The van der Waals surface area contributed by atoms with Crippen molar-refractivity contribution in [2.45, 2.75) is 51.2 Å². The molecule has 1 saturated carbocycles. The Kier molecular flexibility index (Phi) is 8.73. The predicted molar refractivity (Wildman–Crippen MR) is 112 cm³/mol. The molecule has 2 aliphatic rings. The molecule has 3 rings (SSSR count). The third kappa shape index (κ3) is 6.47. The number of hydrogen-bond acceptors (Lipinski definition) is 4. The summed E-state index contributed by atoms with van der Waals surface area (Å²) in [6, 6.07) is 10.9. The van der Waals surface area contributed by atoms with Gasteiger partial charge in [0.15, 0.2) is 0 Å². The van der Waals surface area contributed by atoms with E-state index in [2.05, 4.69) is 17.0 Å². The molecule has 1 saturated heterocycles. The lowest BCUT2D eigenvalue weighted by molar-refractivity contribution is -0.139. The van der Waals surface area contributed by atoms with Gasteiger partial charge in [-0.05, 0) is 37.8 Å². The van der Waals surface area contributed by atoms with Crippen LogP contribution in [0.1, 0.15) is 38.2 Å². The van der Waals surface area contributed by atoms with E-state index in [1.165, 1.54) is 5.56 Å². The SMILES string of the molecule is CCN(CC(=O)O)C1CCN(CC(=O)N(Cc2ccccc2)C2CC2)CC1.Cl. The van der Waals surface area contributed by atoms with Gasteiger partial charge in [0.25, 0.3) is 0 Å². The highest BCUT2D eigenvalue weighted by atomic mass is 35.5. The number of rotatable bonds is 9. The standard InChI is InChI=1S/C21H31N3O3.ClH/c1-2-23(16-21(26)27)18-10-12-22(13-11-18)15-20(25)24(19-8-9-19)14-17-6-4-3-5-7-17;/h3-7,18-19H,2,8-16H2,1H3,(H,26,27);1H. The first-order chi connectivity index (χ1) is 13.1. The van der Waals surface area contributed by atoms with Crippen molar-refractivity contribution in [3.8, 4) is 0 Å². The van der Waals surface area contributed by atoms with Crippen LogP contribution in [0.3, 0.4) is 0 Å². The smallest absolute Gasteiger partial charge is 0.317 e. The number of likely N-dealkylation sites (tertiary alicyclic amines) is 1. The zero-order valence-corrected chi connectivity index (χ0v) is 17.4. The van der Waals surface area contributed by atoms with Crippen LogP contribution >= 0.6 is 12.4 Å². The third-order valence-electron chi connectivity index (χ3n) is 5.68. The van der Waals surface area contributed by atoms with E-state index in [1.54, 1.807) is 0 Å². The Bertz CT molecular complexity index is 631. The zero-order valence-electron chi connectivity index (χ0n) is 16.6. The van der Waals surface area contributed by atoms with Crippen LogP contribution in [0.4, 0.5) is 0 Å². The number of carboxylic acid groups (broad SMARTS) is 1. The lowest BCUT2D eigenvalue weighted by Crippen LogP contribution is -2.49. The van der Waals surface area contributed by atoms with Gasteiger partial charge in [-0.2, -0.15) is 0 Å². The van der Waals surface area contributed by atoms with E-state index in [4.69, 9.17) is 5.11 Å². The van der Waals surface area contributed by atoms with Crippen LogP contribution in [0, 0.1) is 0 Å². The van der Waals surface area contributed by atoms with Gasteiger partial charge in [-0.15, -0.1) is 12.4 Å². The Labute approximate surface area is 173 Å². The molecule has 0 atom stereocenters. The largest absolute Gasteiger partial charge is 0.480 e. The minimum atomic E-state index is -0.768. The molecule has 1 aromatic carbocycles. The number of carboxylic acids is 1. The second-order valence-electron chi connectivity index (χ2n) is 7.70. The van der Waals surface area contributed by atoms with Gasteiger partial charge < -0.3 is 10.0 Å². The van der Waals surface area contributed by atoms with Crippen molar-refractivity contribution in [2.75, 3.05) is 32.7 Å². The fourth-order valence-electron chi connectivity index (χ4n) is 3.98. The topological polar surface area (TPSA) is 64.1 Å². The van der Waals surface area contributed by atoms with Crippen molar-refractivity contribution in [3.63, 3.8) is 0 Å². The van der Waals surface area contributed by atoms with Crippen LogP contribution in [-0.2, 0) is 16.1 Å². The number of halogens is 1. The molecule has 7 heteroatoms. The lowest BCUT2D eigenvalue weighted by Gasteiger charge is -2.37. The molecule has 0 spiro atoms. The van der Waals surface area contributed by atoms with Crippen LogP contribution < -0.4 is 0 Å². The Hall–Kier alpha value is -1.63. The number of piperidine rings is 1. The van der Waals surface area contributed by atoms with E-state index in [9.17, 15) is 9.59 Å². The summed E-state index contributed by atoms with van der Waals surface area (Å²) in [5.74, 6) is -0.548. The predicted octanol–water partition coefficient (Wildman–Crippen LogP) is 2.47. The molecule has 0 bridgehead atoms. The molecule has 1 aliphatic heterocycles. The molecule has 6 nitrogen and oxygen atoms in total. The first-order valence-corrected chi connectivity index (χ1v) is 10.1. The normalized spacial score (nSPS) is 17.9. The molecule has 0 unspecified atom stereocenters. The first-order valence-electron chi connectivity index (χ1n) is 10.1. The van der Waals surface area contributed by atoms with Crippen LogP contribution in [0.15, 0.2) is 30.3 Å². The summed E-state index contributed by atoms with van der Waals surface area (Å²) in [6.07, 6.45) is 4.08. The Morgan fingerprint density at radius 1 is 1.07 bits per heavy atom. The Morgan fingerprint density at radius 2 is 1.71 bits per heavy atom. The van der Waals surface area contributed by atoms with Gasteiger partial charge in [-0.3, -0.25) is 19.4 Å². The lowest BCUT2D eigenvalue weighted by atomic mass is 10.0. The average molecular weight is 410 g/mol. The highest BCUT2D eigenvalue weighted by Crippen LogP contribution is 2.29. The van der Waals surface area contributed by atoms with Gasteiger partial charge in [0.2, 0.25) is 5.91 Å². The fourth-order valence-corrected chi connectivity index (χ4v) is 3.98. The molecule has 1 heterocycles. The molecule has 28 heavy (non-hydrogen) atoms. The van der Waals surface area contributed by atoms with E-state index in [0.29, 0.717) is 25.2 Å². The van der Waals surface area contributed by atoms with Gasteiger partial charge >= 0.3 is 5.97 Å². The van der Waals surface area contributed by atoms with Crippen LogP contribution in [-0.4, -0.2) is 76.5 Å². The summed E-state index contributed by atoms with van der Waals surface area (Å²) >= 11 is 0. The molecule has 2 fully saturated rings. The quantitative estimate of drug-likeness (QED) is 0.678. The molecule has 0 aromatic heterocycles. The Balaban J connectivity index is 0.00000280. The summed E-state index contributed by atoms with van der Waals surface area (Å²) in [5, 5.41) is 9.05. The number of amides is 1. The molecule has 1 N–H and O–H groups in total. The van der Waals surface area contributed by atoms with Crippen LogP contribution in [0.2, 0.25) is 0 Å². The van der Waals surface area contributed by atoms with Gasteiger partial charge in [0, 0.05) is 31.7 Å². The first kappa shape index (κ1) is 22.7. The molecule has 0 radical (unpaired) electrons. The highest BCUT2D eigenvalue weighted by molar-refractivity contribution is 5.85. The van der Waals surface area contributed by atoms with Gasteiger partial charge in [-0.1, -0.05) is 37.3 Å². The second-order valence-corrected chi connectivity index (χ2v) is 7.70. The number of nitrogens with zero attached hydrogens (tertiary/aromatic N) is 3. The number of carbonyl (C=O) groups excluding carboxylic acids is 1. The summed E-state index contributed by atoms with van der Waals surface area (Å²) < 4.78 is 0. The molecule has 1 aromatic rings. The summed E-state index contributed by atoms with van der Waals surface area (Å²) in [5.41, 5.74) is 1.18. The van der Waals surface area contributed by atoms with E-state index in [1.807, 2.05) is 34.9 Å². The number of aliphatic carboxylic acids is 1. The number of likely N-dealkylation sites (N-methyl/N-ethyl adjacent to an activating group) is 1. The van der Waals surface area contributed by atoms with Crippen molar-refractivity contribution >= 4 is 24.3 Å². The maximum atomic E-state index is 12.9. The van der Waals surface area contributed by atoms with Crippen molar-refractivity contribution in [1.82, 2.24) is 14.7 Å². The monoisotopic (exact) mass is 409 g/mol. The van der Waals surface area contributed by atoms with E-state index in [0.717, 1.165) is 45.3 Å². The average Bonchev–Trinajstić information content (AvgIpc) is 3.50. The van der Waals surface area contributed by atoms with Gasteiger partial charge in [0.05, 0.1) is 13.1 Å². The maximum absolute atomic E-state index is 12.9. The molecule has 1 aliphatic carbocycles. The summed E-state index contributed by atoms with van der Waals surface area (Å²) in [6.45, 7) is 5.75. The molecule has 1 amide bonds. The third-order valence-corrected chi connectivity index (χ3v) is 5.68. The molecular formula is C21H32ClN3O3. The van der Waals surface area contributed by atoms with Crippen LogP contribution in [0.25, 0.3) is 0 Å². The number of benzene rings is 1. The zero-order chi connectivity index (χ0) is 19.2. The fraction of sp³-hybridized carbons (Fsp3) is 0.619. The molecular weight excluding hydrogens is 378 g/mol. The summed E-state index contributed by atoms with van der Waals surface area (Å²) in [4.78, 5) is 30.2. The minimum absolute atomic E-state index is 0. The maximum Gasteiger partial charge on any atom is 0.317 e. The highest BCUT2D eigenvalue weighted by Gasteiger charge is 2.34. The van der Waals surface area contributed by atoms with E-state index >= 15 is 0 Å².